The molecule has 178 valence electrons. The summed E-state index contributed by atoms with van der Waals surface area (Å²) in [6.07, 6.45) is -3.39. The van der Waals surface area contributed by atoms with Crippen LogP contribution in [0.4, 0.5) is 13.2 Å². The first kappa shape index (κ1) is 25.4. The highest BCUT2D eigenvalue weighted by Crippen LogP contribution is 2.49. The maximum Gasteiger partial charge on any atom is 0.435 e. The molecule has 1 amide bonds. The van der Waals surface area contributed by atoms with Gasteiger partial charge in [-0.25, -0.2) is 0 Å². The van der Waals surface area contributed by atoms with Gasteiger partial charge in [0, 0.05) is 34.1 Å². The lowest BCUT2D eigenvalue weighted by atomic mass is 9.86. The molecule has 1 atom stereocenters. The highest BCUT2D eigenvalue weighted by Gasteiger charge is 2.62. The number of amides is 1. The maximum absolute atomic E-state index is 14.2. The van der Waals surface area contributed by atoms with Gasteiger partial charge in [-0.3, -0.25) is 4.79 Å². The van der Waals surface area contributed by atoms with E-state index < -0.39 is 18.2 Å². The minimum Gasteiger partial charge on any atom is -0.374 e. The number of hydrogen-bond donors (Lipinski definition) is 1. The zero-order chi connectivity index (χ0) is 24.4. The topological polar surface area (TPSA) is 50.7 Å². The van der Waals surface area contributed by atoms with E-state index in [0.29, 0.717) is 29.2 Å². The van der Waals surface area contributed by atoms with Crippen LogP contribution in [0.5, 0.6) is 0 Å². The number of alkyl halides is 3. The van der Waals surface area contributed by atoms with Crippen LogP contribution in [0.2, 0.25) is 10.0 Å². The van der Waals surface area contributed by atoms with E-state index in [2.05, 4.69) is 24.3 Å². The van der Waals surface area contributed by atoms with Crippen molar-refractivity contribution < 1.29 is 22.8 Å². The van der Waals surface area contributed by atoms with E-state index in [9.17, 15) is 18.0 Å². The Hall–Kier alpha value is -2.25. The Morgan fingerprint density at radius 1 is 1.15 bits per heavy atom. The first-order valence-corrected chi connectivity index (χ1v) is 11.4. The monoisotopic (exact) mass is 500 g/mol. The zero-order valence-electron chi connectivity index (χ0n) is 18.5. The van der Waals surface area contributed by atoms with Gasteiger partial charge in [-0.1, -0.05) is 61.1 Å². The van der Waals surface area contributed by atoms with Crippen molar-refractivity contribution in [2.24, 2.45) is 11.1 Å². The number of aryl methyl sites for hydroxylation is 1. The van der Waals surface area contributed by atoms with Crippen LogP contribution in [0, 0.1) is 12.8 Å². The standard InChI is InChI=1S/C24H25Cl2F3N2O2/c1-4-15(5-2)13-30-22(32)20-7-6-16(8-14(20)3)21-12-23(33-31-21,24(27,28)29)17-9-18(25)11-19(26)10-17/h6-11,15H,4-5,12-13H2,1-3H3,(H,30,32). The number of halogens is 5. The average molecular weight is 501 g/mol. The Labute approximate surface area is 201 Å². The van der Waals surface area contributed by atoms with Gasteiger partial charge in [-0.15, -0.1) is 0 Å². The second kappa shape index (κ2) is 9.94. The Balaban J connectivity index is 1.85. The molecule has 3 rings (SSSR count). The summed E-state index contributed by atoms with van der Waals surface area (Å²) in [7, 11) is 0. The molecule has 2 aromatic carbocycles. The van der Waals surface area contributed by atoms with Crippen LogP contribution in [0.25, 0.3) is 0 Å². The molecule has 1 aliphatic rings. The normalized spacial score (nSPS) is 18.3. The predicted molar refractivity (Wildman–Crippen MR) is 124 cm³/mol. The van der Waals surface area contributed by atoms with Crippen LogP contribution in [0.15, 0.2) is 41.6 Å². The maximum atomic E-state index is 14.2. The average Bonchev–Trinajstić information content (AvgIpc) is 3.20. The van der Waals surface area contributed by atoms with Gasteiger partial charge in [0.15, 0.2) is 0 Å². The molecule has 0 aromatic heterocycles. The van der Waals surface area contributed by atoms with E-state index >= 15 is 0 Å². The van der Waals surface area contributed by atoms with Gasteiger partial charge >= 0.3 is 6.18 Å². The Morgan fingerprint density at radius 3 is 2.33 bits per heavy atom. The number of nitrogens with one attached hydrogen (secondary N) is 1. The van der Waals surface area contributed by atoms with Crippen LogP contribution < -0.4 is 5.32 Å². The molecule has 33 heavy (non-hydrogen) atoms. The SMILES string of the molecule is CCC(CC)CNC(=O)c1ccc(C2=NOC(c3cc(Cl)cc(Cl)c3)(C(F)(F)F)C2)cc1C. The second-order valence-electron chi connectivity index (χ2n) is 8.21. The lowest BCUT2D eigenvalue weighted by Crippen LogP contribution is -2.42. The van der Waals surface area contributed by atoms with Crippen LogP contribution in [0.1, 0.15) is 60.2 Å². The van der Waals surface area contributed by atoms with Gasteiger partial charge in [0.25, 0.3) is 11.5 Å². The van der Waals surface area contributed by atoms with Crippen molar-refractivity contribution in [3.63, 3.8) is 0 Å². The molecule has 0 saturated carbocycles. The fourth-order valence-corrected chi connectivity index (χ4v) is 4.38. The molecule has 0 aliphatic carbocycles. The second-order valence-corrected chi connectivity index (χ2v) is 9.08. The van der Waals surface area contributed by atoms with Crippen molar-refractivity contribution in [2.75, 3.05) is 6.54 Å². The van der Waals surface area contributed by atoms with E-state index in [-0.39, 0.29) is 27.2 Å². The molecule has 1 heterocycles. The third kappa shape index (κ3) is 5.30. The van der Waals surface area contributed by atoms with Crippen molar-refractivity contribution in [2.45, 2.75) is 51.8 Å². The van der Waals surface area contributed by atoms with E-state index in [1.807, 2.05) is 0 Å². The number of rotatable bonds is 7. The summed E-state index contributed by atoms with van der Waals surface area (Å²) in [5.41, 5.74) is -1.25. The van der Waals surface area contributed by atoms with E-state index in [0.717, 1.165) is 12.8 Å². The molecule has 1 aliphatic heterocycles. The summed E-state index contributed by atoms with van der Waals surface area (Å²) < 4.78 is 42.5. The Bertz CT molecular complexity index is 1050. The Morgan fingerprint density at radius 2 is 1.79 bits per heavy atom. The number of hydrogen-bond acceptors (Lipinski definition) is 3. The summed E-state index contributed by atoms with van der Waals surface area (Å²) in [6, 6.07) is 8.53. The Kier molecular flexibility index (Phi) is 7.64. The fraction of sp³-hybridized carbons (Fsp3) is 0.417. The van der Waals surface area contributed by atoms with Crippen molar-refractivity contribution in [3.8, 4) is 0 Å². The highest BCUT2D eigenvalue weighted by atomic mass is 35.5. The fourth-order valence-electron chi connectivity index (χ4n) is 3.85. The smallest absolute Gasteiger partial charge is 0.374 e. The van der Waals surface area contributed by atoms with Gasteiger partial charge in [0.2, 0.25) is 0 Å². The highest BCUT2D eigenvalue weighted by molar-refractivity contribution is 6.34. The molecule has 1 N–H and O–H groups in total. The summed E-state index contributed by atoms with van der Waals surface area (Å²) in [5, 5.41) is 6.83. The zero-order valence-corrected chi connectivity index (χ0v) is 20.0. The lowest BCUT2D eigenvalue weighted by Gasteiger charge is -2.29. The lowest BCUT2D eigenvalue weighted by molar-refractivity contribution is -0.275. The first-order chi connectivity index (χ1) is 15.5. The van der Waals surface area contributed by atoms with Crippen molar-refractivity contribution in [3.05, 3.63) is 68.7 Å². The minimum atomic E-state index is -4.77. The third-order valence-electron chi connectivity index (χ3n) is 6.03. The van der Waals surface area contributed by atoms with Crippen LogP contribution in [0.3, 0.4) is 0 Å². The molecule has 2 aromatic rings. The van der Waals surface area contributed by atoms with E-state index in [1.54, 1.807) is 25.1 Å². The van der Waals surface area contributed by atoms with E-state index in [4.69, 9.17) is 28.0 Å². The molecule has 9 heteroatoms. The number of carbonyl (C=O) groups is 1. The van der Waals surface area contributed by atoms with Gasteiger partial charge in [0.05, 0.1) is 5.71 Å². The summed E-state index contributed by atoms with van der Waals surface area (Å²) in [6.45, 7) is 6.45. The molecule has 0 bridgehead atoms. The predicted octanol–water partition coefficient (Wildman–Crippen LogP) is 7.05. The third-order valence-corrected chi connectivity index (χ3v) is 6.46. The van der Waals surface area contributed by atoms with Gasteiger partial charge in [-0.05, 0) is 54.3 Å². The quantitative estimate of drug-likeness (QED) is 0.442. The van der Waals surface area contributed by atoms with Crippen molar-refractivity contribution in [1.82, 2.24) is 5.32 Å². The largest absolute Gasteiger partial charge is 0.435 e. The molecular weight excluding hydrogens is 476 g/mol. The van der Waals surface area contributed by atoms with Gasteiger partial charge < -0.3 is 10.2 Å². The van der Waals surface area contributed by atoms with Crippen LogP contribution in [-0.4, -0.2) is 24.3 Å². The van der Waals surface area contributed by atoms with Crippen LogP contribution in [-0.2, 0) is 10.4 Å². The molecule has 0 fully saturated rings. The van der Waals surface area contributed by atoms with Crippen molar-refractivity contribution >= 4 is 34.8 Å². The molecule has 1 unspecified atom stereocenters. The number of carbonyl (C=O) groups excluding carboxylic acids is 1. The number of benzene rings is 2. The molecule has 0 saturated heterocycles. The molecule has 4 nitrogen and oxygen atoms in total. The molecule has 0 radical (unpaired) electrons. The summed E-state index contributed by atoms with van der Waals surface area (Å²) in [4.78, 5) is 17.6. The van der Waals surface area contributed by atoms with E-state index in [1.165, 1.54) is 18.2 Å². The number of nitrogens with zero attached hydrogens (tertiary/aromatic N) is 1. The van der Waals surface area contributed by atoms with Gasteiger partial charge in [0.1, 0.15) is 0 Å². The first-order valence-electron chi connectivity index (χ1n) is 10.7. The van der Waals surface area contributed by atoms with Gasteiger partial charge in [-0.2, -0.15) is 13.2 Å². The minimum absolute atomic E-state index is 0.0674. The van der Waals surface area contributed by atoms with Crippen molar-refractivity contribution in [1.29, 1.82) is 0 Å². The summed E-state index contributed by atoms with van der Waals surface area (Å²) >= 11 is 11.9. The number of oxime groups is 1. The summed E-state index contributed by atoms with van der Waals surface area (Å²) in [5.74, 6) is 0.183. The molecular formula is C24H25Cl2F3N2O2. The van der Waals surface area contributed by atoms with Crippen LogP contribution >= 0.6 is 23.2 Å². The molecule has 0 spiro atoms.